The predicted molar refractivity (Wildman–Crippen MR) is 105 cm³/mol. The van der Waals surface area contributed by atoms with E-state index in [0.29, 0.717) is 31.2 Å². The summed E-state index contributed by atoms with van der Waals surface area (Å²) in [5, 5.41) is 0. The predicted octanol–water partition coefficient (Wildman–Crippen LogP) is 2.00. The number of rotatable bonds is 7. The van der Waals surface area contributed by atoms with E-state index in [2.05, 4.69) is 0 Å². The molecule has 0 N–H and O–H groups in total. The first-order chi connectivity index (χ1) is 13.4. The molecule has 1 aliphatic rings. The highest BCUT2D eigenvalue weighted by atomic mass is 32.2. The van der Waals surface area contributed by atoms with Crippen LogP contribution in [0.2, 0.25) is 0 Å². The van der Waals surface area contributed by atoms with Crippen molar-refractivity contribution in [2.75, 3.05) is 33.3 Å². The zero-order chi connectivity index (χ0) is 20.1. The third kappa shape index (κ3) is 4.45. The summed E-state index contributed by atoms with van der Waals surface area (Å²) in [4.78, 5) is 14.4. The van der Waals surface area contributed by atoms with Crippen molar-refractivity contribution < 1.29 is 22.7 Å². The normalized spacial score (nSPS) is 16.0. The number of carbonyl (C=O) groups is 1. The van der Waals surface area contributed by atoms with Crippen LogP contribution in [0.25, 0.3) is 0 Å². The Kier molecular flexibility index (Phi) is 6.21. The van der Waals surface area contributed by atoms with Gasteiger partial charge in [-0.05, 0) is 31.2 Å². The minimum absolute atomic E-state index is 0.161. The second-order valence-electron chi connectivity index (χ2n) is 6.50. The van der Waals surface area contributed by atoms with Crippen LogP contribution >= 0.6 is 0 Å². The molecule has 1 aliphatic heterocycles. The third-order valence-electron chi connectivity index (χ3n) is 4.54. The molecule has 1 unspecified atom stereocenters. The number of para-hydroxylation sites is 2. The molecule has 0 bridgehead atoms. The lowest BCUT2D eigenvalue weighted by atomic mass is 10.2. The van der Waals surface area contributed by atoms with Gasteiger partial charge in [-0.2, -0.15) is 4.31 Å². The van der Waals surface area contributed by atoms with Crippen LogP contribution in [0.4, 0.5) is 0 Å². The van der Waals surface area contributed by atoms with Gasteiger partial charge in [-0.3, -0.25) is 4.79 Å². The molecular weight excluding hydrogens is 380 g/mol. The molecule has 0 saturated carbocycles. The highest BCUT2D eigenvalue weighted by molar-refractivity contribution is 7.89. The van der Waals surface area contributed by atoms with E-state index in [-0.39, 0.29) is 23.5 Å². The molecule has 1 heterocycles. The van der Waals surface area contributed by atoms with E-state index in [9.17, 15) is 13.2 Å². The standard InChI is InChI=1S/C20H24N2O5S/c1-3-22(13-16-15-26-18-11-7-8-12-19(18)27-16)20(23)14-21(2)28(24,25)17-9-5-4-6-10-17/h4-12,16H,3,13-15H2,1-2H3. The molecule has 0 fully saturated rings. The molecule has 2 aromatic carbocycles. The number of ether oxygens (including phenoxy) is 2. The molecular formula is C20H24N2O5S. The lowest BCUT2D eigenvalue weighted by Gasteiger charge is -2.31. The van der Waals surface area contributed by atoms with Crippen molar-refractivity contribution in [1.29, 1.82) is 0 Å². The fraction of sp³-hybridized carbons (Fsp3) is 0.350. The summed E-state index contributed by atoms with van der Waals surface area (Å²) in [5.74, 6) is 1.04. The Morgan fingerprint density at radius 2 is 1.71 bits per heavy atom. The van der Waals surface area contributed by atoms with E-state index in [1.54, 1.807) is 23.1 Å². The van der Waals surface area contributed by atoms with E-state index in [1.165, 1.54) is 19.2 Å². The van der Waals surface area contributed by atoms with Gasteiger partial charge in [0.05, 0.1) is 18.0 Å². The van der Waals surface area contributed by atoms with Crippen molar-refractivity contribution in [1.82, 2.24) is 9.21 Å². The highest BCUT2D eigenvalue weighted by Crippen LogP contribution is 2.31. The Bertz CT molecular complexity index is 917. The van der Waals surface area contributed by atoms with Crippen LogP contribution in [-0.4, -0.2) is 62.9 Å². The Morgan fingerprint density at radius 1 is 1.07 bits per heavy atom. The summed E-state index contributed by atoms with van der Waals surface area (Å²) in [6, 6.07) is 15.4. The van der Waals surface area contributed by atoms with Gasteiger partial charge in [-0.1, -0.05) is 30.3 Å². The van der Waals surface area contributed by atoms with Crippen molar-refractivity contribution in [3.05, 3.63) is 54.6 Å². The molecule has 2 aromatic rings. The number of carbonyl (C=O) groups excluding carboxylic acids is 1. The maximum absolute atomic E-state index is 12.7. The number of likely N-dealkylation sites (N-methyl/N-ethyl adjacent to an activating group) is 2. The molecule has 0 aliphatic carbocycles. The number of sulfonamides is 1. The van der Waals surface area contributed by atoms with Crippen LogP contribution < -0.4 is 9.47 Å². The molecule has 1 amide bonds. The maximum Gasteiger partial charge on any atom is 0.243 e. The Balaban J connectivity index is 1.62. The van der Waals surface area contributed by atoms with Crippen molar-refractivity contribution in [3.63, 3.8) is 0 Å². The minimum atomic E-state index is -3.72. The summed E-state index contributed by atoms with van der Waals surface area (Å²) in [7, 11) is -2.31. The van der Waals surface area contributed by atoms with Gasteiger partial charge in [0.2, 0.25) is 15.9 Å². The Morgan fingerprint density at radius 3 is 2.39 bits per heavy atom. The summed E-state index contributed by atoms with van der Waals surface area (Å²) in [6.07, 6.45) is -0.310. The van der Waals surface area contributed by atoms with E-state index in [0.717, 1.165) is 4.31 Å². The minimum Gasteiger partial charge on any atom is -0.486 e. The number of nitrogens with zero attached hydrogens (tertiary/aromatic N) is 2. The number of amides is 1. The number of hydrogen-bond donors (Lipinski definition) is 0. The lowest BCUT2D eigenvalue weighted by molar-refractivity contribution is -0.132. The van der Waals surface area contributed by atoms with Gasteiger partial charge in [0.15, 0.2) is 17.6 Å². The number of hydrogen-bond acceptors (Lipinski definition) is 5. The quantitative estimate of drug-likeness (QED) is 0.706. The second kappa shape index (κ2) is 8.62. The zero-order valence-corrected chi connectivity index (χ0v) is 16.8. The van der Waals surface area contributed by atoms with E-state index in [4.69, 9.17) is 9.47 Å². The van der Waals surface area contributed by atoms with Gasteiger partial charge < -0.3 is 14.4 Å². The first kappa shape index (κ1) is 20.2. The van der Waals surface area contributed by atoms with Gasteiger partial charge in [-0.25, -0.2) is 8.42 Å². The van der Waals surface area contributed by atoms with E-state index < -0.39 is 10.0 Å². The second-order valence-corrected chi connectivity index (χ2v) is 8.55. The first-order valence-corrected chi connectivity index (χ1v) is 10.5. The summed E-state index contributed by atoms with van der Waals surface area (Å²) < 4.78 is 37.9. The van der Waals surface area contributed by atoms with Crippen molar-refractivity contribution in [2.45, 2.75) is 17.9 Å². The van der Waals surface area contributed by atoms with Crippen LogP contribution in [0.3, 0.4) is 0 Å². The third-order valence-corrected chi connectivity index (χ3v) is 6.35. The molecule has 150 valence electrons. The van der Waals surface area contributed by atoms with Crippen LogP contribution in [0.15, 0.2) is 59.5 Å². The fourth-order valence-corrected chi connectivity index (χ4v) is 4.10. The lowest BCUT2D eigenvalue weighted by Crippen LogP contribution is -2.47. The molecule has 1 atom stereocenters. The molecule has 0 spiro atoms. The smallest absolute Gasteiger partial charge is 0.243 e. The average Bonchev–Trinajstić information content (AvgIpc) is 2.72. The van der Waals surface area contributed by atoms with Crippen LogP contribution in [0.1, 0.15) is 6.92 Å². The monoisotopic (exact) mass is 404 g/mol. The Labute approximate surface area is 165 Å². The SMILES string of the molecule is CCN(CC1COc2ccccc2O1)C(=O)CN(C)S(=O)(=O)c1ccccc1. The van der Waals surface area contributed by atoms with Gasteiger partial charge >= 0.3 is 0 Å². The van der Waals surface area contributed by atoms with E-state index in [1.807, 2.05) is 31.2 Å². The molecule has 7 nitrogen and oxygen atoms in total. The first-order valence-electron chi connectivity index (χ1n) is 9.09. The maximum atomic E-state index is 12.7. The molecule has 8 heteroatoms. The van der Waals surface area contributed by atoms with Gasteiger partial charge in [0.25, 0.3) is 0 Å². The van der Waals surface area contributed by atoms with Gasteiger partial charge in [0.1, 0.15) is 6.61 Å². The largest absolute Gasteiger partial charge is 0.486 e. The van der Waals surface area contributed by atoms with Crippen molar-refractivity contribution in [3.8, 4) is 11.5 Å². The van der Waals surface area contributed by atoms with Crippen LogP contribution in [-0.2, 0) is 14.8 Å². The summed E-state index contributed by atoms with van der Waals surface area (Å²) in [6.45, 7) is 2.71. The average molecular weight is 404 g/mol. The summed E-state index contributed by atoms with van der Waals surface area (Å²) >= 11 is 0. The highest BCUT2D eigenvalue weighted by Gasteiger charge is 2.28. The fourth-order valence-electron chi connectivity index (χ4n) is 2.95. The number of fused-ring (bicyclic) bond motifs is 1. The Hall–Kier alpha value is -2.58. The number of benzene rings is 2. The van der Waals surface area contributed by atoms with Gasteiger partial charge in [0, 0.05) is 13.6 Å². The molecule has 3 rings (SSSR count). The zero-order valence-electron chi connectivity index (χ0n) is 15.9. The molecule has 0 radical (unpaired) electrons. The van der Waals surface area contributed by atoms with Crippen molar-refractivity contribution in [2.24, 2.45) is 0 Å². The van der Waals surface area contributed by atoms with Crippen molar-refractivity contribution >= 4 is 15.9 Å². The molecule has 0 aromatic heterocycles. The molecule has 28 heavy (non-hydrogen) atoms. The van der Waals surface area contributed by atoms with Crippen LogP contribution in [0.5, 0.6) is 11.5 Å². The molecule has 0 saturated heterocycles. The van der Waals surface area contributed by atoms with Gasteiger partial charge in [-0.15, -0.1) is 0 Å². The topological polar surface area (TPSA) is 76.2 Å². The van der Waals surface area contributed by atoms with Crippen LogP contribution in [0, 0.1) is 0 Å². The van der Waals surface area contributed by atoms with E-state index >= 15 is 0 Å². The summed E-state index contributed by atoms with van der Waals surface area (Å²) in [5.41, 5.74) is 0.